The molecule has 0 radical (unpaired) electrons. The van der Waals surface area contributed by atoms with Gasteiger partial charge in [0, 0.05) is 39.8 Å². The van der Waals surface area contributed by atoms with E-state index in [1.807, 2.05) is 7.05 Å². The van der Waals surface area contributed by atoms with Crippen LogP contribution in [0.5, 0.6) is 0 Å². The number of aliphatic imine (C=N–C) groups is 1. The van der Waals surface area contributed by atoms with Gasteiger partial charge in [-0.3, -0.25) is 4.99 Å². The van der Waals surface area contributed by atoms with Crippen molar-refractivity contribution < 1.29 is 4.74 Å². The number of nitrogens with zero attached hydrogens (tertiary/aromatic N) is 3. The van der Waals surface area contributed by atoms with E-state index in [4.69, 9.17) is 4.74 Å². The van der Waals surface area contributed by atoms with Crippen molar-refractivity contribution in [3.05, 3.63) is 0 Å². The van der Waals surface area contributed by atoms with E-state index in [2.05, 4.69) is 34.0 Å². The van der Waals surface area contributed by atoms with Gasteiger partial charge in [-0.1, -0.05) is 6.92 Å². The van der Waals surface area contributed by atoms with Crippen LogP contribution in [0.3, 0.4) is 0 Å². The van der Waals surface area contributed by atoms with E-state index in [9.17, 15) is 0 Å². The lowest BCUT2D eigenvalue weighted by Crippen LogP contribution is -2.47. The summed E-state index contributed by atoms with van der Waals surface area (Å²) in [5.74, 6) is 1.95. The summed E-state index contributed by atoms with van der Waals surface area (Å²) in [4.78, 5) is 9.48. The van der Waals surface area contributed by atoms with E-state index in [1.54, 1.807) is 0 Å². The van der Waals surface area contributed by atoms with Crippen molar-refractivity contribution >= 4 is 29.9 Å². The van der Waals surface area contributed by atoms with Crippen LogP contribution in [-0.4, -0.2) is 74.8 Å². The molecule has 0 aromatic heterocycles. The van der Waals surface area contributed by atoms with Crippen LogP contribution in [0.15, 0.2) is 4.99 Å². The fourth-order valence-corrected chi connectivity index (χ4v) is 3.95. The Morgan fingerprint density at radius 2 is 1.92 bits per heavy atom. The second-order valence-corrected chi connectivity index (χ2v) is 7.37. The highest BCUT2D eigenvalue weighted by Crippen LogP contribution is 2.16. The molecule has 2 heterocycles. The normalized spacial score (nSPS) is 23.4. The number of nitrogens with one attached hydrogen (secondary N) is 1. The first-order chi connectivity index (χ1) is 11.7. The van der Waals surface area contributed by atoms with Gasteiger partial charge >= 0.3 is 0 Å². The average Bonchev–Trinajstić information content (AvgIpc) is 2.59. The highest BCUT2D eigenvalue weighted by atomic mass is 127. The van der Waals surface area contributed by atoms with Gasteiger partial charge in [-0.25, -0.2) is 0 Å². The third kappa shape index (κ3) is 8.43. The van der Waals surface area contributed by atoms with Gasteiger partial charge < -0.3 is 19.9 Å². The van der Waals surface area contributed by atoms with Crippen LogP contribution in [0.25, 0.3) is 0 Å². The molecular formula is C19H39IN4O. The number of likely N-dealkylation sites (tertiary alicyclic amines) is 2. The van der Waals surface area contributed by atoms with Crippen molar-refractivity contribution in [3.63, 3.8) is 0 Å². The molecule has 6 heteroatoms. The predicted molar refractivity (Wildman–Crippen MR) is 117 cm³/mol. The molecule has 2 rings (SSSR count). The predicted octanol–water partition coefficient (Wildman–Crippen LogP) is 3.19. The Hall–Kier alpha value is -0.0800. The van der Waals surface area contributed by atoms with Crippen molar-refractivity contribution in [3.8, 4) is 0 Å². The topological polar surface area (TPSA) is 40.1 Å². The minimum atomic E-state index is 0. The maximum absolute atomic E-state index is 5.73. The molecule has 1 N–H and O–H groups in total. The molecular weight excluding hydrogens is 427 g/mol. The lowest BCUT2D eigenvalue weighted by Gasteiger charge is -2.34. The molecule has 0 aromatic carbocycles. The molecule has 0 saturated carbocycles. The van der Waals surface area contributed by atoms with Crippen molar-refractivity contribution in [1.82, 2.24) is 15.1 Å². The van der Waals surface area contributed by atoms with Crippen LogP contribution >= 0.6 is 24.0 Å². The van der Waals surface area contributed by atoms with Crippen molar-refractivity contribution in [2.45, 2.75) is 58.5 Å². The van der Waals surface area contributed by atoms with E-state index < -0.39 is 0 Å². The Balaban J connectivity index is 0.00000312. The molecule has 0 aromatic rings. The van der Waals surface area contributed by atoms with E-state index in [-0.39, 0.29) is 24.0 Å². The molecule has 2 aliphatic rings. The van der Waals surface area contributed by atoms with Gasteiger partial charge in [0.15, 0.2) is 5.96 Å². The maximum atomic E-state index is 5.73. The second-order valence-electron chi connectivity index (χ2n) is 7.37. The van der Waals surface area contributed by atoms with E-state index in [0.29, 0.717) is 6.10 Å². The number of hydrogen-bond donors (Lipinski definition) is 1. The van der Waals surface area contributed by atoms with Gasteiger partial charge in [-0.05, 0) is 64.5 Å². The van der Waals surface area contributed by atoms with Gasteiger partial charge in [0.25, 0.3) is 0 Å². The van der Waals surface area contributed by atoms with E-state index >= 15 is 0 Å². The van der Waals surface area contributed by atoms with Crippen LogP contribution in [0, 0.1) is 5.92 Å². The van der Waals surface area contributed by atoms with E-state index in [0.717, 1.165) is 51.0 Å². The largest absolute Gasteiger partial charge is 0.378 e. The summed E-state index contributed by atoms with van der Waals surface area (Å²) in [6.45, 7) is 12.3. The van der Waals surface area contributed by atoms with Crippen molar-refractivity contribution in [2.24, 2.45) is 10.9 Å². The summed E-state index contributed by atoms with van der Waals surface area (Å²) in [6.07, 6.45) is 7.96. The van der Waals surface area contributed by atoms with E-state index in [1.165, 1.54) is 45.3 Å². The lowest BCUT2D eigenvalue weighted by molar-refractivity contribution is 0.0264. The van der Waals surface area contributed by atoms with Gasteiger partial charge in [0.1, 0.15) is 0 Å². The molecule has 25 heavy (non-hydrogen) atoms. The molecule has 148 valence electrons. The van der Waals surface area contributed by atoms with Crippen molar-refractivity contribution in [1.29, 1.82) is 0 Å². The number of halogens is 1. The van der Waals surface area contributed by atoms with Gasteiger partial charge in [0.2, 0.25) is 0 Å². The highest BCUT2D eigenvalue weighted by Gasteiger charge is 2.21. The van der Waals surface area contributed by atoms with Gasteiger partial charge in [-0.15, -0.1) is 24.0 Å². The van der Waals surface area contributed by atoms with Crippen molar-refractivity contribution in [2.75, 3.05) is 52.9 Å². The summed E-state index contributed by atoms with van der Waals surface area (Å²) < 4.78 is 5.73. The first-order valence-electron chi connectivity index (χ1n) is 10.0. The quantitative estimate of drug-likeness (QED) is 0.271. The zero-order valence-corrected chi connectivity index (χ0v) is 18.8. The molecule has 1 unspecified atom stereocenters. The minimum Gasteiger partial charge on any atom is -0.378 e. The first kappa shape index (κ1) is 23.0. The summed E-state index contributed by atoms with van der Waals surface area (Å²) in [5, 5.41) is 3.55. The molecule has 5 nitrogen and oxygen atoms in total. The Morgan fingerprint density at radius 1 is 1.16 bits per heavy atom. The number of guanidine groups is 1. The minimum absolute atomic E-state index is 0. The summed E-state index contributed by atoms with van der Waals surface area (Å²) >= 11 is 0. The third-order valence-corrected chi connectivity index (χ3v) is 5.28. The Labute approximate surface area is 172 Å². The van der Waals surface area contributed by atoms with Crippen LogP contribution < -0.4 is 5.32 Å². The number of ether oxygens (including phenoxy) is 1. The maximum Gasteiger partial charge on any atom is 0.193 e. The molecule has 0 bridgehead atoms. The first-order valence-corrected chi connectivity index (χ1v) is 10.0. The Morgan fingerprint density at radius 3 is 2.56 bits per heavy atom. The third-order valence-electron chi connectivity index (χ3n) is 5.28. The SMILES string of the molecule is CCOC1CCN(C(=NC)NCCCCN2CCCC(C)C2)CC1.I. The second kappa shape index (κ2) is 13.1. The summed E-state index contributed by atoms with van der Waals surface area (Å²) in [6, 6.07) is 0. The summed E-state index contributed by atoms with van der Waals surface area (Å²) in [7, 11) is 1.89. The molecule has 0 spiro atoms. The van der Waals surface area contributed by atoms with Crippen LogP contribution in [0.4, 0.5) is 0 Å². The molecule has 2 fully saturated rings. The zero-order chi connectivity index (χ0) is 17.2. The smallest absolute Gasteiger partial charge is 0.193 e. The van der Waals surface area contributed by atoms with Crippen LogP contribution in [0.1, 0.15) is 52.4 Å². The monoisotopic (exact) mass is 466 g/mol. The summed E-state index contributed by atoms with van der Waals surface area (Å²) in [5.41, 5.74) is 0. The molecule has 2 saturated heterocycles. The Bertz CT molecular complexity index is 372. The molecule has 0 aliphatic carbocycles. The number of piperidine rings is 2. The number of hydrogen-bond acceptors (Lipinski definition) is 3. The lowest BCUT2D eigenvalue weighted by atomic mass is 10.0. The number of rotatable bonds is 7. The molecule has 1 atom stereocenters. The molecule has 0 amide bonds. The van der Waals surface area contributed by atoms with Crippen LogP contribution in [-0.2, 0) is 4.74 Å². The highest BCUT2D eigenvalue weighted by molar-refractivity contribution is 14.0. The fourth-order valence-electron chi connectivity index (χ4n) is 3.95. The average molecular weight is 466 g/mol. The van der Waals surface area contributed by atoms with Gasteiger partial charge in [0.05, 0.1) is 6.10 Å². The molecule has 2 aliphatic heterocycles. The zero-order valence-electron chi connectivity index (χ0n) is 16.5. The van der Waals surface area contributed by atoms with Crippen LogP contribution in [0.2, 0.25) is 0 Å². The standard InChI is InChI=1S/C19H38N4O.HI/c1-4-24-18-9-14-23(15-10-18)19(20-3)21-11-5-6-12-22-13-7-8-17(2)16-22;/h17-18H,4-16H2,1-3H3,(H,20,21);1H. The number of unbranched alkanes of at least 4 members (excludes halogenated alkanes) is 1. The van der Waals surface area contributed by atoms with Gasteiger partial charge in [-0.2, -0.15) is 0 Å². The fraction of sp³-hybridized carbons (Fsp3) is 0.947. The Kier molecular flexibility index (Phi) is 12.1.